The lowest BCUT2D eigenvalue weighted by Gasteiger charge is -2.16. The molecule has 7 heteroatoms. The summed E-state index contributed by atoms with van der Waals surface area (Å²) in [6, 6.07) is -0.329. The van der Waals surface area contributed by atoms with Crippen molar-refractivity contribution < 1.29 is 9.90 Å². The van der Waals surface area contributed by atoms with Crippen LogP contribution in [0.15, 0.2) is 5.16 Å². The second-order valence-corrected chi connectivity index (χ2v) is 6.77. The van der Waals surface area contributed by atoms with E-state index in [9.17, 15) is 9.90 Å². The molecule has 0 saturated heterocycles. The van der Waals surface area contributed by atoms with Crippen molar-refractivity contribution in [1.82, 2.24) is 20.1 Å². The van der Waals surface area contributed by atoms with Gasteiger partial charge in [-0.15, -0.1) is 10.2 Å². The van der Waals surface area contributed by atoms with Crippen molar-refractivity contribution in [2.24, 2.45) is 0 Å². The van der Waals surface area contributed by atoms with Crippen LogP contribution in [-0.4, -0.2) is 43.7 Å². The Morgan fingerprint density at radius 3 is 2.90 bits per heavy atom. The molecule has 1 aromatic rings. The van der Waals surface area contributed by atoms with E-state index < -0.39 is 12.0 Å². The number of hydrogen-bond donors (Lipinski definition) is 2. The molecule has 1 atom stereocenters. The Morgan fingerprint density at radius 1 is 1.38 bits per heavy atom. The quantitative estimate of drug-likeness (QED) is 0.749. The number of aryl methyl sites for hydroxylation is 1. The maximum absolute atomic E-state index is 11.2. The van der Waals surface area contributed by atoms with Crippen molar-refractivity contribution in [2.75, 3.05) is 5.75 Å². The molecule has 2 heterocycles. The van der Waals surface area contributed by atoms with E-state index in [1.54, 1.807) is 11.8 Å². The number of aromatic nitrogens is 3. The summed E-state index contributed by atoms with van der Waals surface area (Å²) in [7, 11) is 0. The molecular formula is C14H24N4O2S. The van der Waals surface area contributed by atoms with Gasteiger partial charge in [0.2, 0.25) is 0 Å². The van der Waals surface area contributed by atoms with Gasteiger partial charge in [0, 0.05) is 24.8 Å². The molecule has 1 aliphatic rings. The maximum atomic E-state index is 11.2. The third-order valence-corrected chi connectivity index (χ3v) is 4.55. The Balaban J connectivity index is 1.88. The van der Waals surface area contributed by atoms with Gasteiger partial charge in [-0.3, -0.25) is 4.79 Å². The van der Waals surface area contributed by atoms with Gasteiger partial charge in [-0.1, -0.05) is 32.0 Å². The van der Waals surface area contributed by atoms with Crippen molar-refractivity contribution in [3.05, 3.63) is 5.82 Å². The fourth-order valence-corrected chi connectivity index (χ4v) is 3.50. The van der Waals surface area contributed by atoms with Crippen molar-refractivity contribution >= 4 is 17.7 Å². The molecular weight excluding hydrogens is 288 g/mol. The van der Waals surface area contributed by atoms with Crippen LogP contribution in [-0.2, 0) is 17.8 Å². The number of nitrogens with zero attached hydrogens (tertiary/aromatic N) is 3. The second-order valence-electron chi connectivity index (χ2n) is 5.71. The molecule has 0 bridgehead atoms. The highest BCUT2D eigenvalue weighted by molar-refractivity contribution is 7.99. The summed E-state index contributed by atoms with van der Waals surface area (Å²) < 4.78 is 2.20. The van der Waals surface area contributed by atoms with Crippen LogP contribution < -0.4 is 5.32 Å². The van der Waals surface area contributed by atoms with E-state index in [1.165, 1.54) is 19.3 Å². The van der Waals surface area contributed by atoms with Crippen LogP contribution in [0.5, 0.6) is 0 Å². The van der Waals surface area contributed by atoms with Crippen molar-refractivity contribution in [3.8, 4) is 0 Å². The normalized spacial score (nSPS) is 16.5. The van der Waals surface area contributed by atoms with Gasteiger partial charge in [0.1, 0.15) is 11.9 Å². The maximum Gasteiger partial charge on any atom is 0.320 e. The van der Waals surface area contributed by atoms with Crippen molar-refractivity contribution in [2.45, 2.75) is 69.7 Å². The lowest BCUT2D eigenvalue weighted by atomic mass is 10.2. The Morgan fingerprint density at radius 2 is 2.19 bits per heavy atom. The standard InChI is InChI=1S/C14H24N4O2S/c1-10(2)15-11(13(19)20)7-9-21-14-17-16-12-6-4-3-5-8-18(12)14/h10-11,15H,3-9H2,1-2H3,(H,19,20). The molecule has 0 spiro atoms. The zero-order chi connectivity index (χ0) is 15.2. The van der Waals surface area contributed by atoms with Crippen LogP contribution in [0, 0.1) is 0 Å². The molecule has 21 heavy (non-hydrogen) atoms. The summed E-state index contributed by atoms with van der Waals surface area (Å²) in [5.74, 6) is 1.02. The summed E-state index contributed by atoms with van der Waals surface area (Å²) in [6.07, 6.45) is 5.18. The lowest BCUT2D eigenvalue weighted by Crippen LogP contribution is -2.41. The third kappa shape index (κ3) is 4.71. The van der Waals surface area contributed by atoms with E-state index in [4.69, 9.17) is 0 Å². The van der Waals surface area contributed by atoms with E-state index in [2.05, 4.69) is 20.1 Å². The van der Waals surface area contributed by atoms with Crippen LogP contribution in [0.25, 0.3) is 0 Å². The zero-order valence-electron chi connectivity index (χ0n) is 12.7. The van der Waals surface area contributed by atoms with Gasteiger partial charge in [-0.25, -0.2) is 0 Å². The molecule has 118 valence electrons. The number of fused-ring (bicyclic) bond motifs is 1. The minimum Gasteiger partial charge on any atom is -0.480 e. The predicted molar refractivity (Wildman–Crippen MR) is 82.6 cm³/mol. The first-order valence-corrected chi connectivity index (χ1v) is 8.60. The SMILES string of the molecule is CC(C)NC(CCSc1nnc2n1CCCCC2)C(=O)O. The number of carboxylic acids is 1. The molecule has 0 aliphatic carbocycles. The van der Waals surface area contributed by atoms with Crippen LogP contribution >= 0.6 is 11.8 Å². The molecule has 0 saturated carbocycles. The van der Waals surface area contributed by atoms with Crippen molar-refractivity contribution in [3.63, 3.8) is 0 Å². The number of aliphatic carboxylic acids is 1. The second kappa shape index (κ2) is 7.79. The smallest absolute Gasteiger partial charge is 0.320 e. The minimum absolute atomic E-state index is 0.167. The largest absolute Gasteiger partial charge is 0.480 e. The Hall–Kier alpha value is -1.08. The highest BCUT2D eigenvalue weighted by Gasteiger charge is 2.19. The van der Waals surface area contributed by atoms with E-state index >= 15 is 0 Å². The molecule has 1 unspecified atom stereocenters. The van der Waals surface area contributed by atoms with Gasteiger partial charge in [0.25, 0.3) is 0 Å². The highest BCUT2D eigenvalue weighted by atomic mass is 32.2. The molecule has 0 amide bonds. The summed E-state index contributed by atoms with van der Waals surface area (Å²) in [4.78, 5) is 11.2. The third-order valence-electron chi connectivity index (χ3n) is 3.55. The molecule has 2 N–H and O–H groups in total. The fourth-order valence-electron chi connectivity index (χ4n) is 2.51. The lowest BCUT2D eigenvalue weighted by molar-refractivity contribution is -0.139. The van der Waals surface area contributed by atoms with Crippen LogP contribution in [0.1, 0.15) is 45.4 Å². The van der Waals surface area contributed by atoms with Gasteiger partial charge in [-0.05, 0) is 19.3 Å². The monoisotopic (exact) mass is 312 g/mol. The van der Waals surface area contributed by atoms with E-state index in [1.807, 2.05) is 13.8 Å². The number of carboxylic acid groups (broad SMARTS) is 1. The average molecular weight is 312 g/mol. The molecule has 6 nitrogen and oxygen atoms in total. The summed E-state index contributed by atoms with van der Waals surface area (Å²) in [5.41, 5.74) is 0. The first-order valence-electron chi connectivity index (χ1n) is 7.61. The molecule has 0 aromatic carbocycles. The Bertz CT molecular complexity index is 476. The van der Waals surface area contributed by atoms with Gasteiger partial charge in [0.05, 0.1) is 0 Å². The minimum atomic E-state index is -0.788. The Kier molecular flexibility index (Phi) is 6.05. The number of rotatable bonds is 7. The van der Waals surface area contributed by atoms with E-state index in [0.717, 1.165) is 29.7 Å². The van der Waals surface area contributed by atoms with Crippen LogP contribution in [0.4, 0.5) is 0 Å². The predicted octanol–water partition coefficient (Wildman–Crippen LogP) is 1.94. The summed E-state index contributed by atoms with van der Waals surface area (Å²) in [6.45, 7) is 4.90. The highest BCUT2D eigenvalue weighted by Crippen LogP contribution is 2.22. The van der Waals surface area contributed by atoms with Crippen LogP contribution in [0.2, 0.25) is 0 Å². The summed E-state index contributed by atoms with van der Waals surface area (Å²) in [5, 5.41) is 21.7. The number of nitrogens with one attached hydrogen (secondary N) is 1. The van der Waals surface area contributed by atoms with Gasteiger partial charge >= 0.3 is 5.97 Å². The topological polar surface area (TPSA) is 80.0 Å². The van der Waals surface area contributed by atoms with Gasteiger partial charge in [-0.2, -0.15) is 0 Å². The number of hydrogen-bond acceptors (Lipinski definition) is 5. The summed E-state index contributed by atoms with van der Waals surface area (Å²) >= 11 is 1.61. The van der Waals surface area contributed by atoms with Crippen LogP contribution in [0.3, 0.4) is 0 Å². The number of carbonyl (C=O) groups is 1. The fraction of sp³-hybridized carbons (Fsp3) is 0.786. The molecule has 0 fully saturated rings. The van der Waals surface area contributed by atoms with E-state index in [-0.39, 0.29) is 6.04 Å². The van der Waals surface area contributed by atoms with E-state index in [0.29, 0.717) is 6.42 Å². The Labute approximate surface area is 129 Å². The average Bonchev–Trinajstić information content (AvgIpc) is 2.66. The van der Waals surface area contributed by atoms with Gasteiger partial charge < -0.3 is 15.0 Å². The molecule has 1 aromatic heterocycles. The van der Waals surface area contributed by atoms with Crippen molar-refractivity contribution in [1.29, 1.82) is 0 Å². The molecule has 1 aliphatic heterocycles. The molecule has 2 rings (SSSR count). The zero-order valence-corrected chi connectivity index (χ0v) is 13.5. The molecule has 0 radical (unpaired) electrons. The van der Waals surface area contributed by atoms with Gasteiger partial charge in [0.15, 0.2) is 5.16 Å². The first kappa shape index (κ1) is 16.3. The number of thioether (sulfide) groups is 1. The first-order chi connectivity index (χ1) is 10.1.